The SMILES string of the molecule is C[C@@H](O)[C@@H](CO)Nc1nc(NCc2ccc(-c3cccc(CO)n3)cc2)ncc1C(F)(F)F. The Morgan fingerprint density at radius 2 is 1.76 bits per heavy atom. The van der Waals surface area contributed by atoms with Gasteiger partial charge in [0, 0.05) is 18.3 Å². The monoisotopic (exact) mass is 463 g/mol. The predicted octanol–water partition coefficient (Wildman–Crippen LogP) is 2.82. The van der Waals surface area contributed by atoms with E-state index in [0.717, 1.165) is 11.1 Å². The minimum atomic E-state index is -4.71. The van der Waals surface area contributed by atoms with Crippen molar-refractivity contribution >= 4 is 11.8 Å². The first kappa shape index (κ1) is 24.4. The molecule has 2 atom stereocenters. The third-order valence-electron chi connectivity index (χ3n) is 4.86. The third kappa shape index (κ3) is 6.37. The fourth-order valence-corrected chi connectivity index (χ4v) is 2.98. The summed E-state index contributed by atoms with van der Waals surface area (Å²) in [5, 5.41) is 33.5. The van der Waals surface area contributed by atoms with Crippen LogP contribution in [0.5, 0.6) is 0 Å². The van der Waals surface area contributed by atoms with Crippen molar-refractivity contribution in [2.24, 2.45) is 0 Å². The number of rotatable bonds is 9. The van der Waals surface area contributed by atoms with Crippen LogP contribution in [0.4, 0.5) is 24.9 Å². The first-order chi connectivity index (χ1) is 15.7. The summed E-state index contributed by atoms with van der Waals surface area (Å²) in [6.45, 7) is 0.857. The number of benzene rings is 1. The van der Waals surface area contributed by atoms with E-state index in [-0.39, 0.29) is 19.1 Å². The molecule has 8 nitrogen and oxygen atoms in total. The number of hydrogen-bond donors (Lipinski definition) is 5. The van der Waals surface area contributed by atoms with Gasteiger partial charge < -0.3 is 26.0 Å². The van der Waals surface area contributed by atoms with Crippen LogP contribution < -0.4 is 10.6 Å². The van der Waals surface area contributed by atoms with Crippen LogP contribution in [0.15, 0.2) is 48.7 Å². The number of hydrogen-bond acceptors (Lipinski definition) is 8. The molecule has 0 aliphatic heterocycles. The van der Waals surface area contributed by atoms with Crippen molar-refractivity contribution in [3.63, 3.8) is 0 Å². The molecule has 176 valence electrons. The minimum absolute atomic E-state index is 0.0471. The van der Waals surface area contributed by atoms with Crippen molar-refractivity contribution in [2.45, 2.75) is 38.4 Å². The third-order valence-corrected chi connectivity index (χ3v) is 4.86. The molecule has 0 fully saturated rings. The Morgan fingerprint density at radius 1 is 1.03 bits per heavy atom. The molecule has 0 unspecified atom stereocenters. The molecule has 0 radical (unpaired) electrons. The molecule has 0 amide bonds. The normalized spacial score (nSPS) is 13.4. The number of aromatic nitrogens is 3. The topological polar surface area (TPSA) is 123 Å². The summed E-state index contributed by atoms with van der Waals surface area (Å²) in [4.78, 5) is 12.0. The van der Waals surface area contributed by atoms with Crippen molar-refractivity contribution in [1.29, 1.82) is 0 Å². The van der Waals surface area contributed by atoms with Gasteiger partial charge in [-0.25, -0.2) is 4.98 Å². The van der Waals surface area contributed by atoms with E-state index in [1.165, 1.54) is 6.92 Å². The molecule has 11 heteroatoms. The molecule has 0 saturated carbocycles. The first-order valence-corrected chi connectivity index (χ1v) is 10.1. The van der Waals surface area contributed by atoms with Gasteiger partial charge in [-0.1, -0.05) is 30.3 Å². The number of nitrogens with zero attached hydrogens (tertiary/aromatic N) is 3. The van der Waals surface area contributed by atoms with Crippen LogP contribution >= 0.6 is 0 Å². The van der Waals surface area contributed by atoms with Gasteiger partial charge in [0.1, 0.15) is 11.4 Å². The summed E-state index contributed by atoms with van der Waals surface area (Å²) in [7, 11) is 0. The summed E-state index contributed by atoms with van der Waals surface area (Å²) >= 11 is 0. The van der Waals surface area contributed by atoms with Crippen molar-refractivity contribution in [1.82, 2.24) is 15.0 Å². The maximum absolute atomic E-state index is 13.3. The highest BCUT2D eigenvalue weighted by atomic mass is 19.4. The van der Waals surface area contributed by atoms with Crippen LogP contribution in [0.1, 0.15) is 23.7 Å². The zero-order chi connectivity index (χ0) is 24.0. The predicted molar refractivity (Wildman–Crippen MR) is 116 cm³/mol. The van der Waals surface area contributed by atoms with Gasteiger partial charge in [-0.2, -0.15) is 18.2 Å². The number of aliphatic hydroxyl groups is 3. The molecule has 5 N–H and O–H groups in total. The summed E-state index contributed by atoms with van der Waals surface area (Å²) in [6, 6.07) is 11.7. The van der Waals surface area contributed by atoms with E-state index in [1.807, 2.05) is 30.3 Å². The summed E-state index contributed by atoms with van der Waals surface area (Å²) in [6.07, 6.45) is -5.16. The lowest BCUT2D eigenvalue weighted by atomic mass is 10.1. The Labute approximate surface area is 188 Å². The van der Waals surface area contributed by atoms with Gasteiger partial charge in [-0.15, -0.1) is 0 Å². The van der Waals surface area contributed by atoms with Gasteiger partial charge in [0.2, 0.25) is 5.95 Å². The lowest BCUT2D eigenvalue weighted by Crippen LogP contribution is -2.36. The molecule has 0 bridgehead atoms. The molecular formula is C22H24F3N5O3. The number of pyridine rings is 1. The summed E-state index contributed by atoms with van der Waals surface area (Å²) in [5.41, 5.74) is 1.83. The van der Waals surface area contributed by atoms with Crippen molar-refractivity contribution < 1.29 is 28.5 Å². The minimum Gasteiger partial charge on any atom is -0.394 e. The van der Waals surface area contributed by atoms with Gasteiger partial charge in [0.25, 0.3) is 0 Å². The highest BCUT2D eigenvalue weighted by Crippen LogP contribution is 2.34. The highest BCUT2D eigenvalue weighted by molar-refractivity contribution is 5.59. The highest BCUT2D eigenvalue weighted by Gasteiger charge is 2.36. The van der Waals surface area contributed by atoms with E-state index < -0.39 is 36.3 Å². The van der Waals surface area contributed by atoms with Gasteiger partial charge in [0.05, 0.1) is 36.7 Å². The molecule has 3 aromatic rings. The average Bonchev–Trinajstić information content (AvgIpc) is 2.80. The fraction of sp³-hybridized carbons (Fsp3) is 0.318. The largest absolute Gasteiger partial charge is 0.421 e. The Balaban J connectivity index is 1.74. The zero-order valence-corrected chi connectivity index (χ0v) is 17.7. The van der Waals surface area contributed by atoms with Crippen LogP contribution in [0, 0.1) is 0 Å². The molecule has 0 aliphatic carbocycles. The summed E-state index contributed by atoms with van der Waals surface area (Å²) in [5.74, 6) is -0.584. The molecule has 3 rings (SSSR count). The van der Waals surface area contributed by atoms with Crippen LogP contribution in [-0.2, 0) is 19.3 Å². The molecule has 2 aromatic heterocycles. The second-order valence-electron chi connectivity index (χ2n) is 7.35. The molecular weight excluding hydrogens is 439 g/mol. The first-order valence-electron chi connectivity index (χ1n) is 10.1. The maximum atomic E-state index is 13.3. The van der Waals surface area contributed by atoms with Crippen molar-refractivity contribution in [2.75, 3.05) is 17.2 Å². The van der Waals surface area contributed by atoms with Gasteiger partial charge in [0.15, 0.2) is 0 Å². The van der Waals surface area contributed by atoms with Crippen LogP contribution in [0.3, 0.4) is 0 Å². The van der Waals surface area contributed by atoms with Gasteiger partial charge in [-0.05, 0) is 24.6 Å². The Morgan fingerprint density at radius 3 is 2.36 bits per heavy atom. The molecule has 2 heterocycles. The van der Waals surface area contributed by atoms with Crippen LogP contribution in [-0.4, -0.2) is 49.0 Å². The Hall–Kier alpha value is -3.28. The number of aliphatic hydroxyl groups excluding tert-OH is 3. The smallest absolute Gasteiger partial charge is 0.394 e. The molecule has 0 saturated heterocycles. The van der Waals surface area contributed by atoms with Crippen molar-refractivity contribution in [3.8, 4) is 11.3 Å². The Bertz CT molecular complexity index is 1060. The molecule has 0 spiro atoms. The second kappa shape index (κ2) is 10.6. The number of halogens is 3. The molecule has 33 heavy (non-hydrogen) atoms. The van der Waals surface area contributed by atoms with E-state index in [1.54, 1.807) is 12.1 Å². The maximum Gasteiger partial charge on any atom is 0.421 e. The molecule has 0 aliphatic rings. The lowest BCUT2D eigenvalue weighted by Gasteiger charge is -2.22. The zero-order valence-electron chi connectivity index (χ0n) is 17.7. The summed E-state index contributed by atoms with van der Waals surface area (Å²) < 4.78 is 40.0. The van der Waals surface area contributed by atoms with Crippen LogP contribution in [0.25, 0.3) is 11.3 Å². The van der Waals surface area contributed by atoms with E-state index in [4.69, 9.17) is 0 Å². The second-order valence-corrected chi connectivity index (χ2v) is 7.35. The van der Waals surface area contributed by atoms with E-state index >= 15 is 0 Å². The number of nitrogens with one attached hydrogen (secondary N) is 2. The quantitative estimate of drug-likeness (QED) is 0.328. The lowest BCUT2D eigenvalue weighted by molar-refractivity contribution is -0.137. The van der Waals surface area contributed by atoms with E-state index in [9.17, 15) is 28.5 Å². The van der Waals surface area contributed by atoms with Gasteiger partial charge >= 0.3 is 6.18 Å². The molecule has 1 aromatic carbocycles. The van der Waals surface area contributed by atoms with Crippen LogP contribution in [0.2, 0.25) is 0 Å². The van der Waals surface area contributed by atoms with Crippen molar-refractivity contribution in [3.05, 3.63) is 65.5 Å². The van der Waals surface area contributed by atoms with E-state index in [0.29, 0.717) is 17.6 Å². The number of alkyl halides is 3. The standard InChI is InChI=1S/C22H24F3N5O3/c1-13(33)19(12-32)29-20-17(22(23,24)25)10-27-21(30-20)26-9-14-5-7-15(8-6-14)18-4-2-3-16(11-31)28-18/h2-8,10,13,19,31-33H,9,11-12H2,1H3,(H2,26,27,29,30)/t13-,19-/m1/s1. The average molecular weight is 463 g/mol. The van der Waals surface area contributed by atoms with Gasteiger partial charge in [-0.3, -0.25) is 4.98 Å². The Kier molecular flexibility index (Phi) is 7.79. The van der Waals surface area contributed by atoms with E-state index in [2.05, 4.69) is 25.6 Å². The number of anilines is 2. The fourth-order valence-electron chi connectivity index (χ4n) is 2.98.